The Morgan fingerprint density at radius 3 is 1.30 bits per heavy atom. The smallest absolute Gasteiger partial charge is 0.410 e. The zero-order chi connectivity index (χ0) is 31.1. The van der Waals surface area contributed by atoms with Gasteiger partial charge in [-0.25, -0.2) is 14.4 Å². The van der Waals surface area contributed by atoms with Crippen LogP contribution in [0, 0.1) is 5.92 Å². The van der Waals surface area contributed by atoms with Gasteiger partial charge < -0.3 is 34.6 Å². The van der Waals surface area contributed by atoms with Crippen LogP contribution >= 0.6 is 0 Å². The maximum Gasteiger partial charge on any atom is 0.410 e. The second-order valence-corrected chi connectivity index (χ2v) is 13.2. The fourth-order valence-electron chi connectivity index (χ4n) is 3.47. The molecule has 2 N–H and O–H groups in total. The lowest BCUT2D eigenvalue weighted by Gasteiger charge is -2.28. The van der Waals surface area contributed by atoms with Crippen LogP contribution in [-0.2, 0) is 19.0 Å². The van der Waals surface area contributed by atoms with E-state index in [0.717, 1.165) is 0 Å². The molecule has 11 heteroatoms. The molecule has 0 aliphatic rings. The summed E-state index contributed by atoms with van der Waals surface area (Å²) < 4.78 is 16.1. The van der Waals surface area contributed by atoms with Gasteiger partial charge in [0.15, 0.2) is 0 Å². The van der Waals surface area contributed by atoms with Crippen molar-refractivity contribution in [1.29, 1.82) is 0 Å². The van der Waals surface area contributed by atoms with Gasteiger partial charge in [-0.2, -0.15) is 0 Å². The monoisotopic (exact) mass is 572 g/mol. The van der Waals surface area contributed by atoms with Gasteiger partial charge in [-0.05, 0) is 88.0 Å². The standard InChI is InChI=1S/C29H56N4O7/c1-22(2)23(34)32(20-14-16-30-24(35)38-27(3,4)5)18-12-13-19-33(26(37)40-29(9,10)11)21-15-17-31-25(36)39-28(6,7)8/h22H,12-21H2,1-11H3,(H,30,35)(H,31,36). The topological polar surface area (TPSA) is 127 Å². The molecular weight excluding hydrogens is 516 g/mol. The normalized spacial score (nSPS) is 12.0. The van der Waals surface area contributed by atoms with Gasteiger partial charge in [0.05, 0.1) is 0 Å². The molecular formula is C29H56N4O7. The number of nitrogens with one attached hydrogen (secondary N) is 2. The zero-order valence-electron chi connectivity index (χ0n) is 26.9. The van der Waals surface area contributed by atoms with Gasteiger partial charge in [0.25, 0.3) is 0 Å². The lowest BCUT2D eigenvalue weighted by Crippen LogP contribution is -2.40. The van der Waals surface area contributed by atoms with Crippen LogP contribution in [0.5, 0.6) is 0 Å². The molecule has 0 fully saturated rings. The number of ether oxygens (including phenoxy) is 3. The van der Waals surface area contributed by atoms with Crippen LogP contribution in [0.1, 0.15) is 102 Å². The molecule has 0 spiro atoms. The summed E-state index contributed by atoms with van der Waals surface area (Å²) in [5.74, 6) is -0.0935. The second-order valence-electron chi connectivity index (χ2n) is 13.2. The molecule has 0 atom stereocenters. The van der Waals surface area contributed by atoms with E-state index in [1.165, 1.54) is 0 Å². The summed E-state index contributed by atoms with van der Waals surface area (Å²) >= 11 is 0. The lowest BCUT2D eigenvalue weighted by atomic mass is 10.1. The Hall–Kier alpha value is -2.72. The molecule has 11 nitrogen and oxygen atoms in total. The number of alkyl carbamates (subject to hydrolysis) is 2. The molecule has 0 saturated carbocycles. The zero-order valence-corrected chi connectivity index (χ0v) is 26.9. The summed E-state index contributed by atoms with van der Waals surface area (Å²) in [5, 5.41) is 5.44. The van der Waals surface area contributed by atoms with Crippen LogP contribution in [0.4, 0.5) is 14.4 Å². The van der Waals surface area contributed by atoms with Crippen molar-refractivity contribution in [1.82, 2.24) is 20.4 Å². The number of amides is 4. The van der Waals surface area contributed by atoms with E-state index < -0.39 is 35.1 Å². The van der Waals surface area contributed by atoms with Crippen molar-refractivity contribution in [2.75, 3.05) is 39.3 Å². The quantitative estimate of drug-likeness (QED) is 0.213. The number of unbranched alkanes of at least 4 members (excludes halogenated alkanes) is 1. The Kier molecular flexibility index (Phi) is 16.0. The van der Waals surface area contributed by atoms with E-state index in [1.807, 2.05) is 39.5 Å². The van der Waals surface area contributed by atoms with Crippen molar-refractivity contribution in [3.8, 4) is 0 Å². The van der Waals surface area contributed by atoms with Gasteiger partial charge >= 0.3 is 18.3 Å². The Balaban J connectivity index is 4.85. The first-order chi connectivity index (χ1) is 18.2. The van der Waals surface area contributed by atoms with Crippen LogP contribution in [0.15, 0.2) is 0 Å². The Morgan fingerprint density at radius 2 is 0.925 bits per heavy atom. The van der Waals surface area contributed by atoms with Gasteiger partial charge in [-0.3, -0.25) is 4.79 Å². The molecule has 0 saturated heterocycles. The van der Waals surface area contributed by atoms with Crippen LogP contribution < -0.4 is 10.6 Å². The first-order valence-corrected chi connectivity index (χ1v) is 14.4. The van der Waals surface area contributed by atoms with Crippen LogP contribution in [0.2, 0.25) is 0 Å². The van der Waals surface area contributed by atoms with E-state index in [0.29, 0.717) is 65.0 Å². The number of hydrogen-bond acceptors (Lipinski definition) is 7. The minimum absolute atomic E-state index is 0.0504. The Morgan fingerprint density at radius 1 is 0.575 bits per heavy atom. The molecule has 0 aliphatic heterocycles. The third kappa shape index (κ3) is 20.2. The van der Waals surface area contributed by atoms with Crippen molar-refractivity contribution in [3.05, 3.63) is 0 Å². The summed E-state index contributed by atoms with van der Waals surface area (Å²) in [6.45, 7) is 22.7. The predicted molar refractivity (Wildman–Crippen MR) is 156 cm³/mol. The highest BCUT2D eigenvalue weighted by atomic mass is 16.6. The molecule has 0 aromatic carbocycles. The second kappa shape index (κ2) is 17.2. The fraction of sp³-hybridized carbons (Fsp3) is 0.862. The maximum atomic E-state index is 12.8. The van der Waals surface area contributed by atoms with Crippen molar-refractivity contribution in [3.63, 3.8) is 0 Å². The van der Waals surface area contributed by atoms with E-state index in [2.05, 4.69) is 10.6 Å². The van der Waals surface area contributed by atoms with E-state index in [1.54, 1.807) is 46.4 Å². The predicted octanol–water partition coefficient (Wildman–Crippen LogP) is 5.32. The van der Waals surface area contributed by atoms with Crippen molar-refractivity contribution in [2.24, 2.45) is 5.92 Å². The SMILES string of the molecule is CC(C)C(=O)N(CCCCN(CCCNC(=O)OC(C)(C)C)C(=O)OC(C)(C)C)CCCNC(=O)OC(C)(C)C. The Bertz CT molecular complexity index is 796. The fourth-order valence-corrected chi connectivity index (χ4v) is 3.47. The highest BCUT2D eigenvalue weighted by Crippen LogP contribution is 2.12. The van der Waals surface area contributed by atoms with Gasteiger partial charge in [-0.1, -0.05) is 13.8 Å². The summed E-state index contributed by atoms with van der Waals surface area (Å²) in [4.78, 5) is 52.7. The van der Waals surface area contributed by atoms with Crippen molar-refractivity contribution in [2.45, 2.75) is 119 Å². The molecule has 234 valence electrons. The van der Waals surface area contributed by atoms with Crippen molar-refractivity contribution < 1.29 is 33.4 Å². The number of hydrogen-bond donors (Lipinski definition) is 2. The third-order valence-electron chi connectivity index (χ3n) is 5.11. The summed E-state index contributed by atoms with van der Waals surface area (Å²) in [6, 6.07) is 0. The van der Waals surface area contributed by atoms with Crippen molar-refractivity contribution >= 4 is 24.2 Å². The summed E-state index contributed by atoms with van der Waals surface area (Å²) in [5.41, 5.74) is -1.77. The highest BCUT2D eigenvalue weighted by molar-refractivity contribution is 5.78. The molecule has 0 bridgehead atoms. The van der Waals surface area contributed by atoms with Crippen LogP contribution in [0.3, 0.4) is 0 Å². The number of nitrogens with zero attached hydrogens (tertiary/aromatic N) is 2. The lowest BCUT2D eigenvalue weighted by molar-refractivity contribution is -0.134. The average molecular weight is 573 g/mol. The molecule has 0 aromatic heterocycles. The average Bonchev–Trinajstić information content (AvgIpc) is 2.74. The first-order valence-electron chi connectivity index (χ1n) is 14.4. The molecule has 4 amide bonds. The minimum Gasteiger partial charge on any atom is -0.444 e. The van der Waals surface area contributed by atoms with Crippen LogP contribution in [0.25, 0.3) is 0 Å². The molecule has 0 aromatic rings. The highest BCUT2D eigenvalue weighted by Gasteiger charge is 2.23. The van der Waals surface area contributed by atoms with E-state index in [9.17, 15) is 19.2 Å². The first kappa shape index (κ1) is 37.3. The van der Waals surface area contributed by atoms with Gasteiger partial charge in [0.2, 0.25) is 5.91 Å². The molecule has 0 radical (unpaired) electrons. The number of carbonyl (C=O) groups is 4. The summed E-state index contributed by atoms with van der Waals surface area (Å²) in [6.07, 6.45) is 1.15. The molecule has 0 aliphatic carbocycles. The van der Waals surface area contributed by atoms with E-state index >= 15 is 0 Å². The maximum absolute atomic E-state index is 12.8. The van der Waals surface area contributed by atoms with Gasteiger partial charge in [0, 0.05) is 45.2 Å². The van der Waals surface area contributed by atoms with E-state index in [-0.39, 0.29) is 11.8 Å². The molecule has 40 heavy (non-hydrogen) atoms. The minimum atomic E-state index is -0.627. The summed E-state index contributed by atoms with van der Waals surface area (Å²) in [7, 11) is 0. The molecule has 0 unspecified atom stereocenters. The number of rotatable bonds is 14. The van der Waals surface area contributed by atoms with E-state index in [4.69, 9.17) is 14.2 Å². The largest absolute Gasteiger partial charge is 0.444 e. The third-order valence-corrected chi connectivity index (χ3v) is 5.11. The Labute approximate surface area is 242 Å². The molecule has 0 heterocycles. The van der Waals surface area contributed by atoms with Crippen LogP contribution in [-0.4, -0.2) is 90.1 Å². The van der Waals surface area contributed by atoms with Gasteiger partial charge in [0.1, 0.15) is 16.8 Å². The number of carbonyl (C=O) groups excluding carboxylic acids is 4. The molecule has 0 rings (SSSR count). The van der Waals surface area contributed by atoms with Gasteiger partial charge in [-0.15, -0.1) is 0 Å².